The number of benzene rings is 3. The first kappa shape index (κ1) is 28.5. The van der Waals surface area contributed by atoms with Gasteiger partial charge in [0.1, 0.15) is 10.5 Å². The third-order valence-corrected chi connectivity index (χ3v) is 7.82. The molecule has 1 aliphatic heterocycles. The Morgan fingerprint density at radius 3 is 2.26 bits per heavy atom. The zero-order valence-corrected chi connectivity index (χ0v) is 24.4. The molecule has 3 aromatic carbocycles. The molecule has 0 radical (unpaired) electrons. The van der Waals surface area contributed by atoms with Gasteiger partial charge in [0.2, 0.25) is 0 Å². The number of carbonyl (C=O) groups is 4. The van der Waals surface area contributed by atoms with E-state index in [9.17, 15) is 27.6 Å². The second-order valence-electron chi connectivity index (χ2n) is 7.79. The smallest absolute Gasteiger partial charge is 0.339 e. The lowest BCUT2D eigenvalue weighted by atomic mass is 10.1. The van der Waals surface area contributed by atoms with Crippen LogP contribution in [-0.4, -0.2) is 39.3 Å². The summed E-state index contributed by atoms with van der Waals surface area (Å²) in [5.74, 6) is -2.83. The second kappa shape index (κ2) is 11.3. The summed E-state index contributed by atoms with van der Waals surface area (Å²) < 4.78 is 36.6. The van der Waals surface area contributed by atoms with E-state index in [1.807, 2.05) is 0 Å². The van der Waals surface area contributed by atoms with Crippen LogP contribution in [0.15, 0.2) is 80.1 Å². The molecular formula is C25H15Br2ClN2O8S. The molecule has 3 aromatic rings. The summed E-state index contributed by atoms with van der Waals surface area (Å²) in [6.45, 7) is 0. The Balaban J connectivity index is 1.75. The summed E-state index contributed by atoms with van der Waals surface area (Å²) in [5, 5.41) is 2.40. The first-order chi connectivity index (χ1) is 18.4. The van der Waals surface area contributed by atoms with Crippen molar-refractivity contribution in [1.29, 1.82) is 0 Å². The Morgan fingerprint density at radius 2 is 1.64 bits per heavy atom. The average molecular weight is 699 g/mol. The number of anilines is 1. The highest BCUT2D eigenvalue weighted by Crippen LogP contribution is 2.37. The third-order valence-electron chi connectivity index (χ3n) is 5.28. The quantitative estimate of drug-likeness (QED) is 0.163. The number of nitrogens with zero attached hydrogens (tertiary/aromatic N) is 1. The molecule has 1 aliphatic rings. The van der Waals surface area contributed by atoms with Crippen LogP contribution in [0.1, 0.15) is 15.9 Å². The lowest BCUT2D eigenvalue weighted by molar-refractivity contribution is -0.122. The Labute approximate surface area is 243 Å². The van der Waals surface area contributed by atoms with E-state index in [2.05, 4.69) is 41.9 Å². The van der Waals surface area contributed by atoms with Crippen molar-refractivity contribution < 1.29 is 36.5 Å². The zero-order chi connectivity index (χ0) is 28.5. The molecule has 1 heterocycles. The van der Waals surface area contributed by atoms with Crippen LogP contribution in [-0.2, 0) is 24.4 Å². The molecule has 4 rings (SSSR count). The van der Waals surface area contributed by atoms with Gasteiger partial charge in [0.15, 0.2) is 5.75 Å². The SMILES string of the molecule is COC(=O)c1ccc(N2C(=O)NC(=O)/C(=C\c3cc(Br)cc(Br)c3OS(=O)(=O)c3ccc(Cl)cc3)C2=O)cc1. The van der Waals surface area contributed by atoms with Gasteiger partial charge in [0, 0.05) is 15.1 Å². The fourth-order valence-electron chi connectivity index (χ4n) is 3.45. The standard InChI is InChI=1S/C25H15Br2ClN2O8S/c1-37-24(33)13-2-6-17(7-3-13)30-23(32)19(22(31)29-25(30)34)11-14-10-15(26)12-20(27)21(14)38-39(35,36)18-8-4-16(28)5-9-18/h2-12H,1H3,(H,29,31,34)/b19-11+. The predicted octanol–water partition coefficient (Wildman–Crippen LogP) is 5.09. The number of barbiturate groups is 1. The van der Waals surface area contributed by atoms with Gasteiger partial charge in [-0.25, -0.2) is 14.5 Å². The summed E-state index contributed by atoms with van der Waals surface area (Å²) >= 11 is 12.4. The summed E-state index contributed by atoms with van der Waals surface area (Å²) in [6.07, 6.45) is 1.10. The highest BCUT2D eigenvalue weighted by Gasteiger charge is 2.37. The highest BCUT2D eigenvalue weighted by atomic mass is 79.9. The monoisotopic (exact) mass is 696 g/mol. The fraction of sp³-hybridized carbons (Fsp3) is 0.0400. The number of rotatable bonds is 6. The molecule has 0 unspecified atom stereocenters. The summed E-state index contributed by atoms with van der Waals surface area (Å²) in [7, 11) is -3.14. The van der Waals surface area contributed by atoms with Gasteiger partial charge in [-0.2, -0.15) is 8.42 Å². The number of ether oxygens (including phenoxy) is 1. The number of hydrogen-bond donors (Lipinski definition) is 1. The van der Waals surface area contributed by atoms with Gasteiger partial charge in [-0.3, -0.25) is 14.9 Å². The summed E-state index contributed by atoms with van der Waals surface area (Å²) in [6, 6.07) is 12.6. The van der Waals surface area contributed by atoms with Gasteiger partial charge in [-0.15, -0.1) is 0 Å². The molecule has 1 fully saturated rings. The molecule has 0 aliphatic carbocycles. The minimum atomic E-state index is -4.35. The number of halogens is 3. The highest BCUT2D eigenvalue weighted by molar-refractivity contribution is 9.11. The van der Waals surface area contributed by atoms with Crippen LogP contribution in [0.5, 0.6) is 5.75 Å². The van der Waals surface area contributed by atoms with Gasteiger partial charge in [0.05, 0.1) is 22.8 Å². The molecule has 0 saturated carbocycles. The van der Waals surface area contributed by atoms with Crippen LogP contribution in [0.2, 0.25) is 5.02 Å². The van der Waals surface area contributed by atoms with E-state index in [0.717, 1.165) is 6.08 Å². The lowest BCUT2D eigenvalue weighted by Crippen LogP contribution is -2.54. The molecule has 1 saturated heterocycles. The minimum absolute atomic E-state index is 0.0302. The maximum Gasteiger partial charge on any atom is 0.339 e. The van der Waals surface area contributed by atoms with Crippen molar-refractivity contribution in [3.05, 3.63) is 91.3 Å². The zero-order valence-electron chi connectivity index (χ0n) is 19.6. The lowest BCUT2D eigenvalue weighted by Gasteiger charge is -2.26. The molecule has 4 amide bonds. The van der Waals surface area contributed by atoms with Crippen LogP contribution in [0.25, 0.3) is 6.08 Å². The van der Waals surface area contributed by atoms with Crippen LogP contribution in [0.3, 0.4) is 0 Å². The van der Waals surface area contributed by atoms with E-state index in [4.69, 9.17) is 15.8 Å². The molecule has 200 valence electrons. The van der Waals surface area contributed by atoms with Gasteiger partial charge in [-0.05, 0) is 82.7 Å². The first-order valence-corrected chi connectivity index (χ1v) is 14.1. The largest absolute Gasteiger partial charge is 0.465 e. The van der Waals surface area contributed by atoms with Crippen LogP contribution in [0.4, 0.5) is 10.5 Å². The maximum atomic E-state index is 13.3. The number of imide groups is 2. The fourth-order valence-corrected chi connectivity index (χ4v) is 5.99. The van der Waals surface area contributed by atoms with Gasteiger partial charge < -0.3 is 8.92 Å². The Hall–Kier alpha value is -3.52. The summed E-state index contributed by atoms with van der Waals surface area (Å²) in [5.41, 5.74) is -0.200. The van der Waals surface area contributed by atoms with Crippen molar-refractivity contribution in [2.75, 3.05) is 12.0 Å². The van der Waals surface area contributed by atoms with E-state index < -0.39 is 39.5 Å². The number of amides is 4. The summed E-state index contributed by atoms with van der Waals surface area (Å²) in [4.78, 5) is 50.8. The number of nitrogens with one attached hydrogen (secondary N) is 1. The molecule has 39 heavy (non-hydrogen) atoms. The average Bonchev–Trinajstić information content (AvgIpc) is 2.88. The molecule has 0 aromatic heterocycles. The van der Waals surface area contributed by atoms with E-state index in [1.165, 1.54) is 67.8 Å². The van der Waals surface area contributed by atoms with E-state index in [-0.39, 0.29) is 31.9 Å². The van der Waals surface area contributed by atoms with Gasteiger partial charge >= 0.3 is 22.1 Å². The molecule has 0 spiro atoms. The van der Waals surface area contributed by atoms with E-state index in [1.54, 1.807) is 0 Å². The third kappa shape index (κ3) is 6.06. The van der Waals surface area contributed by atoms with Crippen molar-refractivity contribution in [2.45, 2.75) is 4.90 Å². The number of methoxy groups -OCH3 is 1. The van der Waals surface area contributed by atoms with Crippen LogP contribution in [0, 0.1) is 0 Å². The molecule has 0 bridgehead atoms. The van der Waals surface area contributed by atoms with Gasteiger partial charge in [-0.1, -0.05) is 27.5 Å². The molecule has 1 N–H and O–H groups in total. The van der Waals surface area contributed by atoms with E-state index >= 15 is 0 Å². The van der Waals surface area contributed by atoms with Crippen LogP contribution >= 0.6 is 43.5 Å². The Bertz CT molecular complexity index is 1660. The van der Waals surface area contributed by atoms with Crippen molar-refractivity contribution in [1.82, 2.24) is 5.32 Å². The molecular weight excluding hydrogens is 684 g/mol. The van der Waals surface area contributed by atoms with Gasteiger partial charge in [0.25, 0.3) is 11.8 Å². The second-order valence-corrected chi connectivity index (χ2v) is 11.5. The first-order valence-electron chi connectivity index (χ1n) is 10.7. The number of esters is 1. The van der Waals surface area contributed by atoms with Crippen molar-refractivity contribution in [3.8, 4) is 5.75 Å². The van der Waals surface area contributed by atoms with Crippen molar-refractivity contribution >= 4 is 89.2 Å². The Morgan fingerprint density at radius 1 is 1.00 bits per heavy atom. The normalized spacial score (nSPS) is 14.8. The predicted molar refractivity (Wildman–Crippen MR) is 148 cm³/mol. The molecule has 14 heteroatoms. The van der Waals surface area contributed by atoms with E-state index in [0.29, 0.717) is 14.4 Å². The maximum absolute atomic E-state index is 13.3. The number of carbonyl (C=O) groups excluding carboxylic acids is 4. The Kier molecular flexibility index (Phi) is 8.25. The van der Waals surface area contributed by atoms with Crippen molar-refractivity contribution in [2.24, 2.45) is 0 Å². The topological polar surface area (TPSA) is 136 Å². The minimum Gasteiger partial charge on any atom is -0.465 e. The van der Waals surface area contributed by atoms with Crippen molar-refractivity contribution in [3.63, 3.8) is 0 Å². The molecule has 10 nitrogen and oxygen atoms in total. The van der Waals surface area contributed by atoms with Crippen LogP contribution < -0.4 is 14.4 Å². The molecule has 0 atom stereocenters. The number of hydrogen-bond acceptors (Lipinski definition) is 8. The number of urea groups is 1.